The van der Waals surface area contributed by atoms with E-state index in [0.29, 0.717) is 6.10 Å². The molecular weight excluding hydrogens is 352 g/mol. The molecular formula is C21H32N6O. The van der Waals surface area contributed by atoms with Crippen LogP contribution in [0.2, 0.25) is 0 Å². The van der Waals surface area contributed by atoms with Gasteiger partial charge in [0, 0.05) is 58.7 Å². The summed E-state index contributed by atoms with van der Waals surface area (Å²) in [7, 11) is 1.80. The summed E-state index contributed by atoms with van der Waals surface area (Å²) < 4.78 is 7.57. The Hall–Kier alpha value is -2.38. The molecule has 0 bridgehead atoms. The summed E-state index contributed by atoms with van der Waals surface area (Å²) in [4.78, 5) is 6.77. The van der Waals surface area contributed by atoms with Crippen LogP contribution in [0, 0.1) is 0 Å². The highest BCUT2D eigenvalue weighted by atomic mass is 16.5. The summed E-state index contributed by atoms with van der Waals surface area (Å²) in [6.07, 6.45) is 5.11. The van der Waals surface area contributed by atoms with Crippen LogP contribution in [-0.4, -0.2) is 60.0 Å². The number of ether oxygens (including phenoxy) is 1. The second-order valence-electron chi connectivity index (χ2n) is 7.21. The maximum Gasteiger partial charge on any atom is 0.191 e. The highest BCUT2D eigenvalue weighted by Crippen LogP contribution is 2.12. The van der Waals surface area contributed by atoms with Crippen LogP contribution in [-0.2, 0) is 24.4 Å². The Kier molecular flexibility index (Phi) is 7.87. The normalized spacial score (nSPS) is 18.2. The lowest BCUT2D eigenvalue weighted by atomic mass is 10.1. The van der Waals surface area contributed by atoms with Gasteiger partial charge in [-0.15, -0.1) is 0 Å². The van der Waals surface area contributed by atoms with Gasteiger partial charge in [-0.3, -0.25) is 14.6 Å². The van der Waals surface area contributed by atoms with Crippen LogP contribution >= 0.6 is 0 Å². The molecule has 0 amide bonds. The summed E-state index contributed by atoms with van der Waals surface area (Å²) >= 11 is 0. The zero-order chi connectivity index (χ0) is 19.6. The van der Waals surface area contributed by atoms with Crippen molar-refractivity contribution in [1.29, 1.82) is 0 Å². The SMILES string of the molecule is CN=C(NCCCn1cccn1)NCc1cccc(CN2CCOC(C)C2)c1. The molecule has 1 aliphatic heterocycles. The number of nitrogens with zero attached hydrogens (tertiary/aromatic N) is 4. The first-order chi connectivity index (χ1) is 13.7. The molecule has 1 aromatic heterocycles. The molecule has 1 unspecified atom stereocenters. The molecule has 2 N–H and O–H groups in total. The minimum absolute atomic E-state index is 0.321. The Bertz CT molecular complexity index is 730. The first-order valence-corrected chi connectivity index (χ1v) is 10.1. The summed E-state index contributed by atoms with van der Waals surface area (Å²) in [6, 6.07) is 10.7. The van der Waals surface area contributed by atoms with Crippen molar-refractivity contribution >= 4 is 5.96 Å². The zero-order valence-corrected chi connectivity index (χ0v) is 17.0. The number of aromatic nitrogens is 2. The van der Waals surface area contributed by atoms with Crippen LogP contribution in [0.4, 0.5) is 0 Å². The van der Waals surface area contributed by atoms with E-state index in [2.05, 4.69) is 56.8 Å². The van der Waals surface area contributed by atoms with Gasteiger partial charge in [-0.05, 0) is 30.5 Å². The molecule has 1 fully saturated rings. The molecule has 7 nitrogen and oxygen atoms in total. The van der Waals surface area contributed by atoms with E-state index in [1.165, 1.54) is 11.1 Å². The van der Waals surface area contributed by atoms with E-state index in [1.807, 2.05) is 23.1 Å². The van der Waals surface area contributed by atoms with Crippen LogP contribution in [0.25, 0.3) is 0 Å². The van der Waals surface area contributed by atoms with Gasteiger partial charge in [0.25, 0.3) is 0 Å². The minimum Gasteiger partial charge on any atom is -0.376 e. The van der Waals surface area contributed by atoms with Crippen LogP contribution in [0.3, 0.4) is 0 Å². The van der Waals surface area contributed by atoms with Gasteiger partial charge < -0.3 is 15.4 Å². The predicted molar refractivity (Wildman–Crippen MR) is 112 cm³/mol. The molecule has 7 heteroatoms. The van der Waals surface area contributed by atoms with Crippen LogP contribution < -0.4 is 10.6 Å². The molecule has 0 spiro atoms. The molecule has 28 heavy (non-hydrogen) atoms. The largest absolute Gasteiger partial charge is 0.376 e. The maximum atomic E-state index is 5.63. The van der Waals surface area contributed by atoms with E-state index in [9.17, 15) is 0 Å². The third kappa shape index (κ3) is 6.65. The monoisotopic (exact) mass is 384 g/mol. The third-order valence-corrected chi connectivity index (χ3v) is 4.82. The van der Waals surface area contributed by atoms with Crippen LogP contribution in [0.1, 0.15) is 24.5 Å². The van der Waals surface area contributed by atoms with E-state index in [1.54, 1.807) is 7.05 Å². The molecule has 1 saturated heterocycles. The summed E-state index contributed by atoms with van der Waals surface area (Å²) in [5.41, 5.74) is 2.61. The highest BCUT2D eigenvalue weighted by molar-refractivity contribution is 5.79. The lowest BCUT2D eigenvalue weighted by Gasteiger charge is -2.31. The van der Waals surface area contributed by atoms with Crippen molar-refractivity contribution in [3.8, 4) is 0 Å². The average Bonchev–Trinajstić information content (AvgIpc) is 3.21. The molecule has 2 heterocycles. The van der Waals surface area contributed by atoms with Crippen molar-refractivity contribution in [1.82, 2.24) is 25.3 Å². The molecule has 0 aliphatic carbocycles. The minimum atomic E-state index is 0.321. The van der Waals surface area contributed by atoms with Crippen molar-refractivity contribution in [3.63, 3.8) is 0 Å². The Balaban J connectivity index is 1.41. The Morgan fingerprint density at radius 3 is 2.96 bits per heavy atom. The fourth-order valence-electron chi connectivity index (χ4n) is 3.42. The number of benzene rings is 1. The lowest BCUT2D eigenvalue weighted by molar-refractivity contribution is -0.0212. The Labute approximate surface area is 167 Å². The number of nitrogens with one attached hydrogen (secondary N) is 2. The Morgan fingerprint density at radius 2 is 2.18 bits per heavy atom. The van der Waals surface area contributed by atoms with Crippen LogP contribution in [0.15, 0.2) is 47.7 Å². The van der Waals surface area contributed by atoms with E-state index < -0.39 is 0 Å². The molecule has 0 saturated carbocycles. The summed E-state index contributed by atoms with van der Waals surface area (Å²) in [5.74, 6) is 0.827. The second kappa shape index (κ2) is 10.8. The summed E-state index contributed by atoms with van der Waals surface area (Å²) in [5, 5.41) is 11.0. The van der Waals surface area contributed by atoms with Crippen molar-refractivity contribution in [2.45, 2.75) is 39.1 Å². The third-order valence-electron chi connectivity index (χ3n) is 4.82. The van der Waals surface area contributed by atoms with Crippen molar-refractivity contribution in [2.24, 2.45) is 4.99 Å². The maximum absolute atomic E-state index is 5.63. The van der Waals surface area contributed by atoms with Gasteiger partial charge in [-0.2, -0.15) is 5.10 Å². The molecule has 1 aliphatic rings. The van der Waals surface area contributed by atoms with E-state index in [0.717, 1.165) is 58.3 Å². The first kappa shape index (κ1) is 20.4. The molecule has 152 valence electrons. The standard InChI is InChI=1S/C21H32N6O/c1-18-16-26(12-13-28-18)17-20-7-3-6-19(14-20)15-24-21(22-2)23-8-4-10-27-11-5-9-25-27/h3,5-7,9,11,14,18H,4,8,10,12-13,15-17H2,1-2H3,(H2,22,23,24). The molecule has 3 rings (SSSR count). The lowest BCUT2D eigenvalue weighted by Crippen LogP contribution is -2.40. The second-order valence-corrected chi connectivity index (χ2v) is 7.21. The van der Waals surface area contributed by atoms with E-state index in [-0.39, 0.29) is 0 Å². The molecule has 1 atom stereocenters. The average molecular weight is 385 g/mol. The van der Waals surface area contributed by atoms with Gasteiger partial charge in [0.2, 0.25) is 0 Å². The number of hydrogen-bond acceptors (Lipinski definition) is 4. The zero-order valence-electron chi connectivity index (χ0n) is 17.0. The number of guanidine groups is 1. The quantitative estimate of drug-likeness (QED) is 0.413. The van der Waals surface area contributed by atoms with Gasteiger partial charge >= 0.3 is 0 Å². The van der Waals surface area contributed by atoms with Gasteiger partial charge in [0.1, 0.15) is 0 Å². The summed E-state index contributed by atoms with van der Waals surface area (Å²) in [6.45, 7) is 8.45. The highest BCUT2D eigenvalue weighted by Gasteiger charge is 2.16. The first-order valence-electron chi connectivity index (χ1n) is 10.1. The van der Waals surface area contributed by atoms with Crippen LogP contribution in [0.5, 0.6) is 0 Å². The Morgan fingerprint density at radius 1 is 1.29 bits per heavy atom. The van der Waals surface area contributed by atoms with Crippen molar-refractivity contribution in [3.05, 3.63) is 53.9 Å². The van der Waals surface area contributed by atoms with Gasteiger partial charge in [-0.25, -0.2) is 0 Å². The fraction of sp³-hybridized carbons (Fsp3) is 0.524. The van der Waals surface area contributed by atoms with E-state index >= 15 is 0 Å². The van der Waals surface area contributed by atoms with E-state index in [4.69, 9.17) is 4.74 Å². The molecule has 0 radical (unpaired) electrons. The number of rotatable bonds is 8. The fourth-order valence-corrected chi connectivity index (χ4v) is 3.42. The van der Waals surface area contributed by atoms with Crippen molar-refractivity contribution < 1.29 is 4.74 Å². The number of aryl methyl sites for hydroxylation is 1. The number of morpholine rings is 1. The van der Waals surface area contributed by atoms with Crippen molar-refractivity contribution in [2.75, 3.05) is 33.3 Å². The number of aliphatic imine (C=N–C) groups is 1. The molecule has 1 aromatic carbocycles. The topological polar surface area (TPSA) is 66.7 Å². The molecule has 2 aromatic rings. The van der Waals surface area contributed by atoms with Gasteiger partial charge in [-0.1, -0.05) is 24.3 Å². The van der Waals surface area contributed by atoms with Gasteiger partial charge in [0.05, 0.1) is 12.7 Å². The number of hydrogen-bond donors (Lipinski definition) is 2. The smallest absolute Gasteiger partial charge is 0.191 e. The van der Waals surface area contributed by atoms with Gasteiger partial charge in [0.15, 0.2) is 5.96 Å². The predicted octanol–water partition coefficient (Wildman–Crippen LogP) is 1.86.